The number of hydrogen-bond acceptors (Lipinski definition) is 3. The maximum Gasteiger partial charge on any atom is 0.339 e. The van der Waals surface area contributed by atoms with Gasteiger partial charge in [-0.05, 0) is 38.1 Å². The number of aromatic carboxylic acids is 1. The van der Waals surface area contributed by atoms with Crippen molar-refractivity contribution in [3.8, 4) is 17.0 Å². The third-order valence-corrected chi connectivity index (χ3v) is 3.21. The zero-order valence-corrected chi connectivity index (χ0v) is 12.4. The lowest BCUT2D eigenvalue weighted by Gasteiger charge is -2.10. The van der Waals surface area contributed by atoms with Crippen molar-refractivity contribution in [2.45, 2.75) is 20.0 Å². The molecule has 3 rings (SSSR count). The molecule has 0 aliphatic heterocycles. The number of benzene rings is 1. The molecule has 1 N–H and O–H groups in total. The maximum atomic E-state index is 11.3. The number of aromatic nitrogens is 2. The number of carboxylic acids is 1. The first-order valence-corrected chi connectivity index (χ1v) is 7.02. The summed E-state index contributed by atoms with van der Waals surface area (Å²) in [7, 11) is 0. The van der Waals surface area contributed by atoms with E-state index in [0.29, 0.717) is 11.3 Å². The first kappa shape index (κ1) is 14.1. The lowest BCUT2D eigenvalue weighted by Crippen LogP contribution is -2.05. The minimum absolute atomic E-state index is 0.0925. The highest BCUT2D eigenvalue weighted by atomic mass is 16.5. The molecule has 5 nitrogen and oxygen atoms in total. The normalized spacial score (nSPS) is 11.0. The van der Waals surface area contributed by atoms with Crippen molar-refractivity contribution in [3.63, 3.8) is 0 Å². The number of carbonyl (C=O) groups is 1. The highest BCUT2D eigenvalue weighted by Crippen LogP contribution is 2.25. The first-order valence-electron chi connectivity index (χ1n) is 7.02. The number of carboxylic acid groups (broad SMARTS) is 1. The van der Waals surface area contributed by atoms with Gasteiger partial charge in [-0.15, -0.1) is 0 Å². The summed E-state index contributed by atoms with van der Waals surface area (Å²) in [6, 6.07) is 10.9. The largest absolute Gasteiger partial charge is 0.491 e. The molecule has 0 saturated heterocycles. The minimum Gasteiger partial charge on any atom is -0.491 e. The first-order chi connectivity index (χ1) is 10.5. The second-order valence-corrected chi connectivity index (χ2v) is 5.28. The lowest BCUT2D eigenvalue weighted by molar-refractivity contribution is 0.0698. The number of ether oxygens (including phenoxy) is 1. The van der Waals surface area contributed by atoms with E-state index < -0.39 is 5.97 Å². The van der Waals surface area contributed by atoms with E-state index in [-0.39, 0.29) is 11.7 Å². The molecule has 1 aromatic carbocycles. The van der Waals surface area contributed by atoms with Gasteiger partial charge >= 0.3 is 5.97 Å². The van der Waals surface area contributed by atoms with Crippen LogP contribution in [0, 0.1) is 0 Å². The standard InChI is InChI=1S/C17H16N2O3/c1-11(2)22-13-6-3-5-12(9-13)15-10-19-8-4-7-14(17(20)21)16(19)18-15/h3-11H,1-2H3,(H,20,21). The van der Waals surface area contributed by atoms with Gasteiger partial charge in [0.15, 0.2) is 5.65 Å². The van der Waals surface area contributed by atoms with Gasteiger partial charge in [-0.2, -0.15) is 0 Å². The Bertz CT molecular complexity index is 837. The molecule has 22 heavy (non-hydrogen) atoms. The number of fused-ring (bicyclic) bond motifs is 1. The second kappa shape index (κ2) is 5.52. The topological polar surface area (TPSA) is 63.8 Å². The van der Waals surface area contributed by atoms with Crippen molar-refractivity contribution in [1.29, 1.82) is 0 Å². The smallest absolute Gasteiger partial charge is 0.339 e. The molecule has 2 aromatic heterocycles. The van der Waals surface area contributed by atoms with Crippen LogP contribution in [0.4, 0.5) is 0 Å². The van der Waals surface area contributed by atoms with Crippen molar-refractivity contribution in [2.24, 2.45) is 0 Å². The molecule has 0 radical (unpaired) electrons. The molecular weight excluding hydrogens is 280 g/mol. The van der Waals surface area contributed by atoms with Gasteiger partial charge in [0.2, 0.25) is 0 Å². The van der Waals surface area contributed by atoms with Crippen LogP contribution in [0.15, 0.2) is 48.8 Å². The zero-order chi connectivity index (χ0) is 15.7. The van der Waals surface area contributed by atoms with Crippen molar-refractivity contribution >= 4 is 11.6 Å². The third kappa shape index (κ3) is 2.65. The quantitative estimate of drug-likeness (QED) is 0.800. The van der Waals surface area contributed by atoms with Crippen LogP contribution in [0.1, 0.15) is 24.2 Å². The molecule has 0 aliphatic rings. The average Bonchev–Trinajstić information content (AvgIpc) is 2.90. The molecule has 0 amide bonds. The van der Waals surface area contributed by atoms with Gasteiger partial charge in [-0.1, -0.05) is 12.1 Å². The van der Waals surface area contributed by atoms with E-state index in [0.717, 1.165) is 11.3 Å². The van der Waals surface area contributed by atoms with Gasteiger partial charge in [0.05, 0.1) is 11.8 Å². The van der Waals surface area contributed by atoms with Gasteiger partial charge < -0.3 is 14.2 Å². The van der Waals surface area contributed by atoms with Crippen molar-refractivity contribution < 1.29 is 14.6 Å². The number of pyridine rings is 1. The summed E-state index contributed by atoms with van der Waals surface area (Å²) >= 11 is 0. The fourth-order valence-electron chi connectivity index (χ4n) is 2.32. The van der Waals surface area contributed by atoms with Crippen molar-refractivity contribution in [1.82, 2.24) is 9.38 Å². The SMILES string of the molecule is CC(C)Oc1cccc(-c2cn3cccc(C(=O)O)c3n2)c1. The Morgan fingerprint density at radius 3 is 2.82 bits per heavy atom. The molecule has 0 atom stereocenters. The summed E-state index contributed by atoms with van der Waals surface area (Å²) in [6.45, 7) is 3.94. The van der Waals surface area contributed by atoms with Crippen LogP contribution in [0.25, 0.3) is 16.9 Å². The molecule has 0 spiro atoms. The average molecular weight is 296 g/mol. The van der Waals surface area contributed by atoms with Crippen LogP contribution in [-0.2, 0) is 0 Å². The van der Waals surface area contributed by atoms with E-state index >= 15 is 0 Å². The number of rotatable bonds is 4. The zero-order valence-electron chi connectivity index (χ0n) is 12.4. The van der Waals surface area contributed by atoms with Gasteiger partial charge in [-0.25, -0.2) is 9.78 Å². The Hall–Kier alpha value is -2.82. The van der Waals surface area contributed by atoms with Gasteiger partial charge in [0.1, 0.15) is 11.3 Å². The highest BCUT2D eigenvalue weighted by molar-refractivity contribution is 5.94. The number of nitrogens with zero attached hydrogens (tertiary/aromatic N) is 2. The van der Waals surface area contributed by atoms with Crippen LogP contribution in [0.3, 0.4) is 0 Å². The van der Waals surface area contributed by atoms with E-state index in [4.69, 9.17) is 4.74 Å². The maximum absolute atomic E-state index is 11.3. The minimum atomic E-state index is -0.986. The number of imidazole rings is 1. The van der Waals surface area contributed by atoms with Crippen LogP contribution in [-0.4, -0.2) is 26.6 Å². The van der Waals surface area contributed by atoms with Gasteiger partial charge in [0, 0.05) is 18.0 Å². The molecule has 0 unspecified atom stereocenters. The summed E-state index contributed by atoms with van der Waals surface area (Å²) in [4.78, 5) is 15.7. The van der Waals surface area contributed by atoms with E-state index in [9.17, 15) is 9.90 Å². The summed E-state index contributed by atoms with van der Waals surface area (Å²) in [5, 5.41) is 9.23. The fourth-order valence-corrected chi connectivity index (χ4v) is 2.32. The van der Waals surface area contributed by atoms with E-state index in [1.165, 1.54) is 0 Å². The van der Waals surface area contributed by atoms with E-state index in [1.807, 2.05) is 44.3 Å². The molecule has 0 aliphatic carbocycles. The van der Waals surface area contributed by atoms with Crippen molar-refractivity contribution in [2.75, 3.05) is 0 Å². The molecular formula is C17H16N2O3. The van der Waals surface area contributed by atoms with Gasteiger partial charge in [0.25, 0.3) is 0 Å². The Morgan fingerprint density at radius 2 is 2.09 bits per heavy atom. The van der Waals surface area contributed by atoms with Gasteiger partial charge in [-0.3, -0.25) is 0 Å². The molecule has 0 bridgehead atoms. The third-order valence-electron chi connectivity index (χ3n) is 3.21. The summed E-state index contributed by atoms with van der Waals surface area (Å²) in [5.74, 6) is -0.220. The van der Waals surface area contributed by atoms with Crippen LogP contribution in [0.5, 0.6) is 5.75 Å². The molecule has 3 aromatic rings. The Balaban J connectivity index is 2.07. The Kier molecular flexibility index (Phi) is 3.55. The number of hydrogen-bond donors (Lipinski definition) is 1. The van der Waals surface area contributed by atoms with E-state index in [1.54, 1.807) is 22.7 Å². The van der Waals surface area contributed by atoms with Crippen LogP contribution in [0.2, 0.25) is 0 Å². The van der Waals surface area contributed by atoms with E-state index in [2.05, 4.69) is 4.98 Å². The molecule has 5 heteroatoms. The summed E-state index contributed by atoms with van der Waals surface area (Å²) in [6.07, 6.45) is 3.69. The Labute approximate surface area is 127 Å². The van der Waals surface area contributed by atoms with Crippen LogP contribution < -0.4 is 4.74 Å². The van der Waals surface area contributed by atoms with Crippen molar-refractivity contribution in [3.05, 3.63) is 54.4 Å². The second-order valence-electron chi connectivity index (χ2n) is 5.28. The molecule has 0 saturated carbocycles. The molecule has 112 valence electrons. The monoisotopic (exact) mass is 296 g/mol. The predicted molar refractivity (Wildman–Crippen MR) is 83.4 cm³/mol. The fraction of sp³-hybridized carbons (Fsp3) is 0.176. The lowest BCUT2D eigenvalue weighted by atomic mass is 10.1. The van der Waals surface area contributed by atoms with Crippen LogP contribution >= 0.6 is 0 Å². The highest BCUT2D eigenvalue weighted by Gasteiger charge is 2.13. The predicted octanol–water partition coefficient (Wildman–Crippen LogP) is 3.49. The Morgan fingerprint density at radius 1 is 1.27 bits per heavy atom. The molecule has 2 heterocycles. The summed E-state index contributed by atoms with van der Waals surface area (Å²) < 4.78 is 7.40. The summed E-state index contributed by atoms with van der Waals surface area (Å²) in [5.41, 5.74) is 2.21. The molecule has 0 fully saturated rings.